The molecule has 2 saturated heterocycles. The molecule has 4 heterocycles. The van der Waals surface area contributed by atoms with Gasteiger partial charge in [0.15, 0.2) is 10.8 Å². The third kappa shape index (κ3) is 6.42. The molecule has 3 atom stereocenters. The molecule has 0 spiro atoms. The average molecular weight is 665 g/mol. The maximum Gasteiger partial charge on any atom is 0.338 e. The van der Waals surface area contributed by atoms with Crippen LogP contribution >= 0.6 is 22.9 Å². The summed E-state index contributed by atoms with van der Waals surface area (Å²) in [5.74, 6) is -0.555. The van der Waals surface area contributed by atoms with Crippen molar-refractivity contribution in [1.29, 1.82) is 0 Å². The Morgan fingerprint density at radius 1 is 1.20 bits per heavy atom. The zero-order valence-corrected chi connectivity index (χ0v) is 27.3. The van der Waals surface area contributed by atoms with Gasteiger partial charge in [0.25, 0.3) is 0 Å². The van der Waals surface area contributed by atoms with Crippen LogP contribution in [0.3, 0.4) is 0 Å². The second-order valence-corrected chi connectivity index (χ2v) is 13.1. The number of hydrogen-bond acceptors (Lipinski definition) is 9. The first-order valence-corrected chi connectivity index (χ1v) is 16.3. The number of carbonyl (C=O) groups excluding carboxylic acids is 3. The van der Waals surface area contributed by atoms with Gasteiger partial charge in [-0.15, -0.1) is 11.3 Å². The van der Waals surface area contributed by atoms with Crippen LogP contribution in [-0.4, -0.2) is 84.3 Å². The number of amides is 2. The zero-order valence-electron chi connectivity index (χ0n) is 25.7. The van der Waals surface area contributed by atoms with Gasteiger partial charge >= 0.3 is 12.0 Å². The fraction of sp³-hybridized carbons (Fsp3) is 0.364. The van der Waals surface area contributed by atoms with E-state index in [0.29, 0.717) is 61.2 Å². The number of anilines is 1. The molecule has 0 radical (unpaired) electrons. The third-order valence-corrected chi connectivity index (χ3v) is 9.81. The normalized spacial score (nSPS) is 20.7. The number of aromatic nitrogens is 1. The van der Waals surface area contributed by atoms with Crippen molar-refractivity contribution in [3.05, 3.63) is 92.3 Å². The van der Waals surface area contributed by atoms with Gasteiger partial charge in [-0.1, -0.05) is 36.7 Å². The fourth-order valence-corrected chi connectivity index (χ4v) is 7.03. The van der Waals surface area contributed by atoms with Crippen molar-refractivity contribution in [2.45, 2.75) is 32.4 Å². The molecule has 0 aliphatic carbocycles. The van der Waals surface area contributed by atoms with Gasteiger partial charge in [0, 0.05) is 72.2 Å². The Bertz CT molecular complexity index is 1730. The number of ether oxygens (including phenoxy) is 1. The first kappa shape index (κ1) is 31.8. The topological polar surface area (TPSA) is 107 Å². The highest BCUT2D eigenvalue weighted by Gasteiger charge is 2.42. The van der Waals surface area contributed by atoms with E-state index in [2.05, 4.69) is 15.2 Å². The minimum Gasteiger partial charge on any atom is -0.466 e. The predicted octanol–water partition coefficient (Wildman–Crippen LogP) is 4.85. The van der Waals surface area contributed by atoms with E-state index in [0.717, 1.165) is 11.3 Å². The number of methoxy groups -OCH3 is 1. The molecule has 3 aliphatic heterocycles. The van der Waals surface area contributed by atoms with E-state index >= 15 is 0 Å². The largest absolute Gasteiger partial charge is 0.466 e. The highest BCUT2D eigenvalue weighted by atomic mass is 35.5. The van der Waals surface area contributed by atoms with Crippen LogP contribution in [0.4, 0.5) is 14.9 Å². The smallest absolute Gasteiger partial charge is 0.338 e. The SMILES string of the molecule is COC(=O)C1=C(CN2CCN3C(=O)N(c4cccc(CC(C)C(C)=O)c4)C[C@@H]3C2)NC(c2nccs2)=N[C@H]1c1ccc(F)cc1Cl. The minimum absolute atomic E-state index is 0.0455. The minimum atomic E-state index is -0.849. The lowest BCUT2D eigenvalue weighted by atomic mass is 9.95. The fourth-order valence-electron chi connectivity index (χ4n) is 6.17. The van der Waals surface area contributed by atoms with Gasteiger partial charge in [-0.05, 0) is 43.2 Å². The summed E-state index contributed by atoms with van der Waals surface area (Å²) >= 11 is 7.89. The van der Waals surface area contributed by atoms with Gasteiger partial charge in [-0.25, -0.2) is 19.0 Å². The lowest BCUT2D eigenvalue weighted by molar-refractivity contribution is -0.136. The molecule has 0 saturated carbocycles. The Labute approximate surface area is 275 Å². The van der Waals surface area contributed by atoms with Gasteiger partial charge in [0.05, 0.1) is 18.7 Å². The maximum absolute atomic E-state index is 14.0. The second-order valence-electron chi connectivity index (χ2n) is 11.8. The number of benzene rings is 2. The molecule has 13 heteroatoms. The lowest BCUT2D eigenvalue weighted by Crippen LogP contribution is -2.53. The van der Waals surface area contributed by atoms with Crippen LogP contribution in [0.5, 0.6) is 0 Å². The van der Waals surface area contributed by atoms with Crippen LogP contribution < -0.4 is 10.2 Å². The average Bonchev–Trinajstić information content (AvgIpc) is 3.69. The maximum atomic E-state index is 14.0. The lowest BCUT2D eigenvalue weighted by Gasteiger charge is -2.38. The van der Waals surface area contributed by atoms with Crippen LogP contribution in [0.15, 0.2) is 70.3 Å². The Morgan fingerprint density at radius 3 is 2.74 bits per heavy atom. The summed E-state index contributed by atoms with van der Waals surface area (Å²) in [5.41, 5.74) is 3.16. The summed E-state index contributed by atoms with van der Waals surface area (Å²) in [6, 6.07) is 10.9. The van der Waals surface area contributed by atoms with E-state index in [4.69, 9.17) is 21.3 Å². The predicted molar refractivity (Wildman–Crippen MR) is 175 cm³/mol. The number of fused-ring (bicyclic) bond motifs is 1. The van der Waals surface area contributed by atoms with Gasteiger partial charge in [-0.2, -0.15) is 0 Å². The first-order chi connectivity index (χ1) is 22.1. The van der Waals surface area contributed by atoms with Crippen LogP contribution in [0.1, 0.15) is 36.0 Å². The number of nitrogens with one attached hydrogen (secondary N) is 1. The number of piperazine rings is 1. The number of carbonyl (C=O) groups is 3. The van der Waals surface area contributed by atoms with Crippen molar-refractivity contribution < 1.29 is 23.5 Å². The van der Waals surface area contributed by atoms with Gasteiger partial charge in [0.2, 0.25) is 0 Å². The highest BCUT2D eigenvalue weighted by Crippen LogP contribution is 2.37. The molecule has 2 amide bonds. The summed E-state index contributed by atoms with van der Waals surface area (Å²) in [4.78, 5) is 53.8. The number of thiazole rings is 1. The zero-order chi connectivity index (χ0) is 32.5. The van der Waals surface area contributed by atoms with E-state index in [1.807, 2.05) is 41.5 Å². The number of rotatable bonds is 9. The number of urea groups is 1. The van der Waals surface area contributed by atoms with Crippen molar-refractivity contribution in [1.82, 2.24) is 20.1 Å². The van der Waals surface area contributed by atoms with Crippen LogP contribution in [0.25, 0.3) is 0 Å². The number of halogens is 2. The molecular weight excluding hydrogens is 631 g/mol. The summed E-state index contributed by atoms with van der Waals surface area (Å²) in [6.07, 6.45) is 2.29. The molecule has 1 unspecified atom stereocenters. The number of aliphatic imine (C=N–C) groups is 1. The molecule has 1 N–H and O–H groups in total. The molecule has 3 aromatic rings. The highest BCUT2D eigenvalue weighted by molar-refractivity contribution is 7.11. The summed E-state index contributed by atoms with van der Waals surface area (Å²) in [7, 11) is 1.31. The van der Waals surface area contributed by atoms with Crippen molar-refractivity contribution in [3.8, 4) is 0 Å². The first-order valence-electron chi connectivity index (χ1n) is 15.0. The summed E-state index contributed by atoms with van der Waals surface area (Å²) in [5, 5.41) is 5.95. The van der Waals surface area contributed by atoms with Crippen molar-refractivity contribution in [2.75, 3.05) is 44.7 Å². The van der Waals surface area contributed by atoms with E-state index in [9.17, 15) is 18.8 Å². The molecular formula is C33H34ClFN6O4S. The van der Waals surface area contributed by atoms with Crippen LogP contribution in [0, 0.1) is 11.7 Å². The molecule has 1 aromatic heterocycles. The number of nitrogens with zero attached hydrogens (tertiary/aromatic N) is 5. The number of Topliss-reactive ketones (excluding diaryl/α,β-unsaturated/α-hetero) is 1. The molecule has 3 aliphatic rings. The molecule has 46 heavy (non-hydrogen) atoms. The van der Waals surface area contributed by atoms with E-state index in [-0.39, 0.29) is 34.4 Å². The van der Waals surface area contributed by atoms with Crippen LogP contribution in [0.2, 0.25) is 5.02 Å². The second kappa shape index (κ2) is 13.3. The van der Waals surface area contributed by atoms with Gasteiger partial charge in [0.1, 0.15) is 17.6 Å². The standard InChI is InChI=1S/C33H34ClFN6O4S/c1-19(20(2)42)13-21-5-4-6-23(14-21)41-17-24-16-39(10-11-40(24)33(41)44)18-27-28(32(43)45-3)29(25-8-7-22(35)15-26(25)34)38-30(37-27)31-36-9-12-46-31/h4-9,12,14-15,19,24,29H,10-11,13,16-18H2,1-3H3,(H,37,38)/t19?,24-,29-/m0/s1. The Hall–Kier alpha value is -4.13. The summed E-state index contributed by atoms with van der Waals surface area (Å²) < 4.78 is 19.2. The van der Waals surface area contributed by atoms with Gasteiger partial charge < -0.3 is 15.0 Å². The molecule has 0 bridgehead atoms. The number of esters is 1. The third-order valence-electron chi connectivity index (χ3n) is 8.70. The molecule has 240 valence electrons. The number of ketones is 1. The van der Waals surface area contributed by atoms with E-state index in [1.54, 1.807) is 18.0 Å². The quantitative estimate of drug-likeness (QED) is 0.326. The molecule has 2 fully saturated rings. The van der Waals surface area contributed by atoms with Crippen molar-refractivity contribution in [2.24, 2.45) is 10.9 Å². The van der Waals surface area contributed by atoms with Crippen molar-refractivity contribution >= 4 is 52.2 Å². The van der Waals surface area contributed by atoms with E-state index in [1.165, 1.54) is 36.6 Å². The molecule has 2 aromatic carbocycles. The van der Waals surface area contributed by atoms with E-state index < -0.39 is 17.8 Å². The van der Waals surface area contributed by atoms with Crippen molar-refractivity contribution in [3.63, 3.8) is 0 Å². The Balaban J connectivity index is 1.26. The monoisotopic (exact) mass is 664 g/mol. The molecule has 6 rings (SSSR count). The summed E-state index contributed by atoms with van der Waals surface area (Å²) in [6.45, 7) is 6.04. The Morgan fingerprint density at radius 2 is 2.02 bits per heavy atom. The number of amidine groups is 1. The Kier molecular flexibility index (Phi) is 9.21. The molecule has 10 nitrogen and oxygen atoms in total. The van der Waals surface area contributed by atoms with Crippen LogP contribution in [-0.2, 0) is 20.7 Å². The van der Waals surface area contributed by atoms with Gasteiger partial charge in [-0.3, -0.25) is 19.6 Å². The number of hydrogen-bond donors (Lipinski definition) is 1.